The minimum absolute atomic E-state index is 0.0578. The summed E-state index contributed by atoms with van der Waals surface area (Å²) in [7, 11) is 0. The molecule has 5 heteroatoms. The van der Waals surface area contributed by atoms with E-state index in [1.165, 1.54) is 0 Å². The average Bonchev–Trinajstić information content (AvgIpc) is 2.67. The van der Waals surface area contributed by atoms with Gasteiger partial charge in [0.1, 0.15) is 0 Å². The van der Waals surface area contributed by atoms with Gasteiger partial charge in [-0.25, -0.2) is 0 Å². The minimum atomic E-state index is 0.0578. The van der Waals surface area contributed by atoms with Crippen molar-refractivity contribution in [1.29, 1.82) is 0 Å². The highest BCUT2D eigenvalue weighted by atomic mass is 32.2. The molecular weight excluding hydrogens is 344 g/mol. The van der Waals surface area contributed by atoms with Crippen LogP contribution in [0.5, 0.6) is 0 Å². The highest BCUT2D eigenvalue weighted by Crippen LogP contribution is 2.16. The first-order valence-electron chi connectivity index (χ1n) is 9.03. The molecule has 0 heterocycles. The fourth-order valence-electron chi connectivity index (χ4n) is 2.45. The van der Waals surface area contributed by atoms with Crippen LogP contribution in [0.1, 0.15) is 32.1 Å². The van der Waals surface area contributed by atoms with Gasteiger partial charge < -0.3 is 10.6 Å². The van der Waals surface area contributed by atoms with E-state index >= 15 is 0 Å². The van der Waals surface area contributed by atoms with Crippen LogP contribution in [0.4, 0.5) is 5.69 Å². The van der Waals surface area contributed by atoms with Gasteiger partial charge in [0.25, 0.3) is 0 Å². The maximum Gasteiger partial charge on any atom is 0.230 e. The predicted molar refractivity (Wildman–Crippen MR) is 108 cm³/mol. The summed E-state index contributed by atoms with van der Waals surface area (Å²) < 4.78 is 0. The van der Waals surface area contributed by atoms with E-state index in [2.05, 4.69) is 10.6 Å². The van der Waals surface area contributed by atoms with E-state index in [-0.39, 0.29) is 11.8 Å². The third-order valence-corrected chi connectivity index (χ3v) is 4.84. The minimum Gasteiger partial charge on any atom is -0.355 e. The molecular formula is C21H26N2O2S. The normalized spacial score (nSPS) is 10.3. The van der Waals surface area contributed by atoms with E-state index < -0.39 is 0 Å². The Morgan fingerprint density at radius 1 is 0.769 bits per heavy atom. The summed E-state index contributed by atoms with van der Waals surface area (Å²) in [6.45, 7) is 0.699. The molecule has 138 valence electrons. The van der Waals surface area contributed by atoms with Crippen molar-refractivity contribution in [3.63, 3.8) is 0 Å². The SMILES string of the molecule is O=C(CSc1ccccc1)NCCCCCCC(=O)Nc1ccccc1. The van der Waals surface area contributed by atoms with Gasteiger partial charge in [-0.1, -0.05) is 49.2 Å². The number of amides is 2. The zero-order chi connectivity index (χ0) is 18.5. The number of hydrogen-bond donors (Lipinski definition) is 2. The van der Waals surface area contributed by atoms with Gasteiger partial charge in [-0.3, -0.25) is 9.59 Å². The largest absolute Gasteiger partial charge is 0.355 e. The Morgan fingerprint density at radius 3 is 2.15 bits per heavy atom. The molecule has 0 radical (unpaired) electrons. The van der Waals surface area contributed by atoms with Crippen LogP contribution < -0.4 is 10.6 Å². The maximum absolute atomic E-state index is 11.8. The summed E-state index contributed by atoms with van der Waals surface area (Å²) in [5, 5.41) is 5.83. The summed E-state index contributed by atoms with van der Waals surface area (Å²) in [5.41, 5.74) is 0.841. The van der Waals surface area contributed by atoms with Crippen LogP contribution in [0.3, 0.4) is 0 Å². The van der Waals surface area contributed by atoms with Crippen LogP contribution in [-0.2, 0) is 9.59 Å². The van der Waals surface area contributed by atoms with E-state index in [9.17, 15) is 9.59 Å². The van der Waals surface area contributed by atoms with E-state index in [0.717, 1.165) is 36.3 Å². The van der Waals surface area contributed by atoms with E-state index in [1.54, 1.807) is 11.8 Å². The summed E-state index contributed by atoms with van der Waals surface area (Å²) in [6, 6.07) is 19.4. The van der Waals surface area contributed by atoms with Crippen molar-refractivity contribution in [2.75, 3.05) is 17.6 Å². The number of carbonyl (C=O) groups is 2. The van der Waals surface area contributed by atoms with Gasteiger partial charge in [-0.15, -0.1) is 11.8 Å². The molecule has 0 aliphatic rings. The van der Waals surface area contributed by atoms with Crippen LogP contribution in [0, 0.1) is 0 Å². The van der Waals surface area contributed by atoms with Crippen molar-refractivity contribution in [2.24, 2.45) is 0 Å². The molecule has 4 nitrogen and oxygen atoms in total. The Hall–Kier alpha value is -2.27. The molecule has 0 atom stereocenters. The second-order valence-corrected chi connectivity index (χ2v) is 7.08. The van der Waals surface area contributed by atoms with Gasteiger partial charge in [0.05, 0.1) is 5.75 Å². The molecule has 2 amide bonds. The van der Waals surface area contributed by atoms with Crippen LogP contribution in [0.25, 0.3) is 0 Å². The third kappa shape index (κ3) is 8.72. The molecule has 0 saturated carbocycles. The molecule has 0 bridgehead atoms. The highest BCUT2D eigenvalue weighted by Gasteiger charge is 2.03. The molecule has 0 aromatic heterocycles. The number of carbonyl (C=O) groups excluding carboxylic acids is 2. The number of rotatable bonds is 11. The summed E-state index contributed by atoms with van der Waals surface area (Å²) in [5.74, 6) is 0.576. The molecule has 0 saturated heterocycles. The lowest BCUT2D eigenvalue weighted by atomic mass is 10.1. The first kappa shape index (κ1) is 20.0. The molecule has 2 aromatic rings. The number of anilines is 1. The van der Waals surface area contributed by atoms with Crippen LogP contribution in [0.2, 0.25) is 0 Å². The molecule has 0 unspecified atom stereocenters. The topological polar surface area (TPSA) is 58.2 Å². The number of para-hydroxylation sites is 1. The Balaban J connectivity index is 1.44. The number of nitrogens with one attached hydrogen (secondary N) is 2. The Bertz CT molecular complexity index is 662. The predicted octanol–water partition coefficient (Wildman–Crippen LogP) is 4.48. The zero-order valence-corrected chi connectivity index (χ0v) is 15.8. The van der Waals surface area contributed by atoms with Crippen LogP contribution in [0.15, 0.2) is 65.6 Å². The fraction of sp³-hybridized carbons (Fsp3) is 0.333. The van der Waals surface area contributed by atoms with Crippen LogP contribution in [-0.4, -0.2) is 24.1 Å². The lowest BCUT2D eigenvalue weighted by molar-refractivity contribution is -0.118. The number of thioether (sulfide) groups is 1. The summed E-state index contributed by atoms with van der Waals surface area (Å²) in [4.78, 5) is 24.7. The van der Waals surface area contributed by atoms with Gasteiger partial charge >= 0.3 is 0 Å². The van der Waals surface area contributed by atoms with Crippen molar-refractivity contribution in [2.45, 2.75) is 37.0 Å². The Kier molecular flexibility index (Phi) is 9.36. The number of benzene rings is 2. The van der Waals surface area contributed by atoms with Crippen molar-refractivity contribution < 1.29 is 9.59 Å². The van der Waals surface area contributed by atoms with E-state index in [4.69, 9.17) is 0 Å². The zero-order valence-electron chi connectivity index (χ0n) is 14.9. The van der Waals surface area contributed by atoms with Gasteiger partial charge in [-0.05, 0) is 37.1 Å². The van der Waals surface area contributed by atoms with Crippen molar-refractivity contribution in [3.8, 4) is 0 Å². The number of hydrogen-bond acceptors (Lipinski definition) is 3. The van der Waals surface area contributed by atoms with E-state index in [0.29, 0.717) is 18.7 Å². The third-order valence-electron chi connectivity index (χ3n) is 3.82. The summed E-state index contributed by atoms with van der Waals surface area (Å²) >= 11 is 1.55. The van der Waals surface area contributed by atoms with Crippen molar-refractivity contribution in [1.82, 2.24) is 5.32 Å². The Morgan fingerprint density at radius 2 is 1.42 bits per heavy atom. The first-order chi connectivity index (χ1) is 12.7. The summed E-state index contributed by atoms with van der Waals surface area (Å²) in [6.07, 6.45) is 4.37. The molecule has 0 spiro atoms. The van der Waals surface area contributed by atoms with Crippen molar-refractivity contribution >= 4 is 29.3 Å². The maximum atomic E-state index is 11.8. The highest BCUT2D eigenvalue weighted by molar-refractivity contribution is 8.00. The second kappa shape index (κ2) is 12.1. The van der Waals surface area contributed by atoms with Gasteiger partial charge in [0.2, 0.25) is 11.8 Å². The molecule has 0 aliphatic carbocycles. The smallest absolute Gasteiger partial charge is 0.230 e. The lowest BCUT2D eigenvalue weighted by Crippen LogP contribution is -2.26. The van der Waals surface area contributed by atoms with Crippen molar-refractivity contribution in [3.05, 3.63) is 60.7 Å². The number of unbranched alkanes of at least 4 members (excludes halogenated alkanes) is 3. The second-order valence-electron chi connectivity index (χ2n) is 6.03. The van der Waals surface area contributed by atoms with Gasteiger partial charge in [0, 0.05) is 23.5 Å². The lowest BCUT2D eigenvalue weighted by Gasteiger charge is -2.06. The van der Waals surface area contributed by atoms with E-state index in [1.807, 2.05) is 60.7 Å². The standard InChI is InChI=1S/C21H26N2O2S/c24-20(23-18-11-5-3-6-12-18)15-9-1-2-10-16-22-21(25)17-26-19-13-7-4-8-14-19/h3-8,11-14H,1-2,9-10,15-17H2,(H,22,25)(H,23,24). The quantitative estimate of drug-likeness (QED) is 0.453. The van der Waals surface area contributed by atoms with Gasteiger partial charge in [0.15, 0.2) is 0 Å². The molecule has 0 aliphatic heterocycles. The molecule has 0 fully saturated rings. The monoisotopic (exact) mass is 370 g/mol. The molecule has 2 rings (SSSR count). The van der Waals surface area contributed by atoms with Crippen LogP contribution >= 0.6 is 11.8 Å². The molecule has 2 aromatic carbocycles. The average molecular weight is 371 g/mol. The fourth-order valence-corrected chi connectivity index (χ4v) is 3.20. The van der Waals surface area contributed by atoms with Gasteiger partial charge in [-0.2, -0.15) is 0 Å². The molecule has 26 heavy (non-hydrogen) atoms. The molecule has 2 N–H and O–H groups in total. The first-order valence-corrected chi connectivity index (χ1v) is 10.0. The Labute approximate surface area is 159 Å².